The van der Waals surface area contributed by atoms with Crippen LogP contribution in [0, 0.1) is 11.3 Å². The molecule has 0 spiro atoms. The summed E-state index contributed by atoms with van der Waals surface area (Å²) in [6.07, 6.45) is 3.65. The second-order valence-electron chi connectivity index (χ2n) is 5.60. The van der Waals surface area contributed by atoms with Gasteiger partial charge in [-0.05, 0) is 43.4 Å². The molecule has 5 heteroatoms. The quantitative estimate of drug-likeness (QED) is 0.840. The van der Waals surface area contributed by atoms with Crippen molar-refractivity contribution in [3.8, 4) is 6.07 Å². The van der Waals surface area contributed by atoms with Crippen LogP contribution in [0.15, 0.2) is 24.3 Å². The molecule has 2 rings (SSSR count). The van der Waals surface area contributed by atoms with Crippen molar-refractivity contribution in [1.29, 1.82) is 5.26 Å². The normalized spacial score (nSPS) is 23.1. The Morgan fingerprint density at radius 2 is 1.67 bits per heavy atom. The maximum absolute atomic E-state index is 12.8. The molecule has 1 aromatic rings. The predicted molar refractivity (Wildman–Crippen MR) is 83.0 cm³/mol. The van der Waals surface area contributed by atoms with E-state index in [-0.39, 0.29) is 17.8 Å². The summed E-state index contributed by atoms with van der Waals surface area (Å²) in [5.74, 6) is 0.0196. The number of hydrogen-bond donors (Lipinski definition) is 0. The van der Waals surface area contributed by atoms with Crippen molar-refractivity contribution in [2.24, 2.45) is 0 Å². The van der Waals surface area contributed by atoms with Gasteiger partial charge in [-0.2, -0.15) is 9.57 Å². The van der Waals surface area contributed by atoms with Crippen molar-refractivity contribution >= 4 is 10.0 Å². The van der Waals surface area contributed by atoms with Gasteiger partial charge in [0, 0.05) is 12.1 Å². The second kappa shape index (κ2) is 6.59. The lowest BCUT2D eigenvalue weighted by Crippen LogP contribution is -2.41. The number of nitriles is 1. The van der Waals surface area contributed by atoms with Gasteiger partial charge >= 0.3 is 0 Å². The monoisotopic (exact) mass is 306 g/mol. The molecule has 0 aromatic heterocycles. The lowest BCUT2D eigenvalue weighted by atomic mass is 10.1. The summed E-state index contributed by atoms with van der Waals surface area (Å²) in [5.41, 5.74) is 1.29. The number of sulfonamides is 1. The molecular formula is C16H22N2O2S. The summed E-state index contributed by atoms with van der Waals surface area (Å²) in [5, 5.41) is 8.79. The van der Waals surface area contributed by atoms with Crippen LogP contribution in [0.2, 0.25) is 0 Å². The van der Waals surface area contributed by atoms with E-state index in [1.807, 2.05) is 19.9 Å². The minimum atomic E-state index is -3.30. The highest BCUT2D eigenvalue weighted by molar-refractivity contribution is 7.88. The van der Waals surface area contributed by atoms with Crippen LogP contribution in [0.4, 0.5) is 0 Å². The fourth-order valence-corrected chi connectivity index (χ4v) is 5.30. The summed E-state index contributed by atoms with van der Waals surface area (Å²) >= 11 is 0. The van der Waals surface area contributed by atoms with E-state index in [9.17, 15) is 8.42 Å². The van der Waals surface area contributed by atoms with Crippen molar-refractivity contribution in [3.05, 3.63) is 35.4 Å². The minimum Gasteiger partial charge on any atom is -0.212 e. The van der Waals surface area contributed by atoms with Crippen LogP contribution in [-0.2, 0) is 15.8 Å². The highest BCUT2D eigenvalue weighted by atomic mass is 32.2. The Kier molecular flexibility index (Phi) is 5.02. The number of benzene rings is 1. The molecule has 0 aliphatic carbocycles. The average molecular weight is 306 g/mol. The summed E-state index contributed by atoms with van der Waals surface area (Å²) in [7, 11) is -3.30. The maximum Gasteiger partial charge on any atom is 0.218 e. The molecule has 1 heterocycles. The Bertz CT molecular complexity index is 605. The van der Waals surface area contributed by atoms with Crippen molar-refractivity contribution in [1.82, 2.24) is 4.31 Å². The standard InChI is InChI=1S/C16H22N2O2S/c1-3-15-9-10-16(4-2)18(15)21(19,20)12-14-7-5-13(11-17)6-8-14/h5-8,15-16H,3-4,9-10,12H2,1-2H3. The zero-order chi connectivity index (χ0) is 15.5. The van der Waals surface area contributed by atoms with Gasteiger partial charge in [-0.1, -0.05) is 26.0 Å². The molecular weight excluding hydrogens is 284 g/mol. The van der Waals surface area contributed by atoms with Crippen molar-refractivity contribution in [2.45, 2.75) is 57.4 Å². The first-order valence-electron chi connectivity index (χ1n) is 7.52. The molecule has 1 fully saturated rings. The van der Waals surface area contributed by atoms with E-state index in [1.54, 1.807) is 28.6 Å². The Morgan fingerprint density at radius 1 is 1.14 bits per heavy atom. The smallest absolute Gasteiger partial charge is 0.212 e. The van der Waals surface area contributed by atoms with Gasteiger partial charge in [-0.25, -0.2) is 8.42 Å². The topological polar surface area (TPSA) is 61.2 Å². The van der Waals surface area contributed by atoms with Gasteiger partial charge in [-0.15, -0.1) is 0 Å². The van der Waals surface area contributed by atoms with Gasteiger partial charge in [0.05, 0.1) is 17.4 Å². The third kappa shape index (κ3) is 3.45. The molecule has 0 radical (unpaired) electrons. The molecule has 2 unspecified atom stereocenters. The number of rotatable bonds is 5. The first-order valence-corrected chi connectivity index (χ1v) is 9.13. The molecule has 21 heavy (non-hydrogen) atoms. The SMILES string of the molecule is CCC1CCC(CC)N1S(=O)(=O)Cc1ccc(C#N)cc1. The average Bonchev–Trinajstić information content (AvgIpc) is 2.91. The van der Waals surface area contributed by atoms with Gasteiger partial charge in [0.2, 0.25) is 10.0 Å². The first kappa shape index (κ1) is 16.0. The third-order valence-electron chi connectivity index (χ3n) is 4.25. The molecule has 1 saturated heterocycles. The van der Waals surface area contributed by atoms with E-state index in [2.05, 4.69) is 0 Å². The van der Waals surface area contributed by atoms with E-state index < -0.39 is 10.0 Å². The fraction of sp³-hybridized carbons (Fsp3) is 0.562. The fourth-order valence-electron chi connectivity index (χ4n) is 3.12. The molecule has 114 valence electrons. The van der Waals surface area contributed by atoms with Crippen molar-refractivity contribution < 1.29 is 8.42 Å². The Balaban J connectivity index is 2.21. The zero-order valence-corrected chi connectivity index (χ0v) is 13.4. The second-order valence-corrected chi connectivity index (χ2v) is 7.47. The molecule has 0 bridgehead atoms. The van der Waals surface area contributed by atoms with E-state index in [0.29, 0.717) is 5.56 Å². The molecule has 1 aromatic carbocycles. The highest BCUT2D eigenvalue weighted by Gasteiger charge is 2.39. The van der Waals surface area contributed by atoms with Crippen LogP contribution in [0.5, 0.6) is 0 Å². The van der Waals surface area contributed by atoms with Crippen molar-refractivity contribution in [3.63, 3.8) is 0 Å². The molecule has 1 aliphatic rings. The van der Waals surface area contributed by atoms with Crippen LogP contribution < -0.4 is 0 Å². The molecule has 2 atom stereocenters. The lowest BCUT2D eigenvalue weighted by molar-refractivity contribution is 0.309. The summed E-state index contributed by atoms with van der Waals surface area (Å²) in [6, 6.07) is 9.12. The van der Waals surface area contributed by atoms with Gasteiger partial charge in [0.25, 0.3) is 0 Å². The van der Waals surface area contributed by atoms with Crippen molar-refractivity contribution in [2.75, 3.05) is 0 Å². The maximum atomic E-state index is 12.8. The molecule has 0 N–H and O–H groups in total. The van der Waals surface area contributed by atoms with E-state index in [1.165, 1.54) is 0 Å². The van der Waals surface area contributed by atoms with E-state index in [0.717, 1.165) is 31.2 Å². The van der Waals surface area contributed by atoms with Crippen LogP contribution in [0.3, 0.4) is 0 Å². The zero-order valence-electron chi connectivity index (χ0n) is 12.6. The highest BCUT2D eigenvalue weighted by Crippen LogP contribution is 2.32. The summed E-state index contributed by atoms with van der Waals surface area (Å²) in [4.78, 5) is 0. The van der Waals surface area contributed by atoms with Crippen LogP contribution in [0.1, 0.15) is 50.7 Å². The van der Waals surface area contributed by atoms with E-state index in [4.69, 9.17) is 5.26 Å². The van der Waals surface area contributed by atoms with Gasteiger partial charge in [-0.3, -0.25) is 0 Å². The van der Waals surface area contributed by atoms with Gasteiger partial charge in [0.1, 0.15) is 0 Å². The molecule has 0 saturated carbocycles. The molecule has 0 amide bonds. The molecule has 1 aliphatic heterocycles. The predicted octanol–water partition coefficient (Wildman–Crippen LogP) is 3.04. The largest absolute Gasteiger partial charge is 0.218 e. The number of nitrogens with zero attached hydrogens (tertiary/aromatic N) is 2. The Morgan fingerprint density at radius 3 is 2.10 bits per heavy atom. The summed E-state index contributed by atoms with van der Waals surface area (Å²) in [6.45, 7) is 4.10. The minimum absolute atomic E-state index is 0.0196. The first-order chi connectivity index (χ1) is 10.0. The number of hydrogen-bond acceptors (Lipinski definition) is 3. The third-order valence-corrected chi connectivity index (χ3v) is 6.19. The van der Waals surface area contributed by atoms with Gasteiger partial charge < -0.3 is 0 Å². The Hall–Kier alpha value is -1.38. The van der Waals surface area contributed by atoms with E-state index >= 15 is 0 Å². The lowest BCUT2D eigenvalue weighted by Gasteiger charge is -2.28. The van der Waals surface area contributed by atoms with Gasteiger partial charge in [0.15, 0.2) is 0 Å². The van der Waals surface area contributed by atoms with Crippen LogP contribution in [-0.4, -0.2) is 24.8 Å². The molecule has 4 nitrogen and oxygen atoms in total. The Labute approximate surface area is 127 Å². The van der Waals surface area contributed by atoms with Crippen LogP contribution in [0.25, 0.3) is 0 Å². The van der Waals surface area contributed by atoms with Crippen LogP contribution >= 0.6 is 0 Å². The summed E-state index contributed by atoms with van der Waals surface area (Å²) < 4.78 is 27.3.